The summed E-state index contributed by atoms with van der Waals surface area (Å²) in [5, 5.41) is 11.1. The first-order valence-electron chi connectivity index (χ1n) is 9.00. The Labute approximate surface area is 165 Å². The Kier molecular flexibility index (Phi) is 7.42. The third-order valence-electron chi connectivity index (χ3n) is 4.55. The molecule has 7 nitrogen and oxygen atoms in total. The van der Waals surface area contributed by atoms with Crippen molar-refractivity contribution in [3.05, 3.63) is 75.8 Å². The molecule has 2 aromatic carbocycles. The fourth-order valence-electron chi connectivity index (χ4n) is 2.97. The lowest BCUT2D eigenvalue weighted by Crippen LogP contribution is -2.31. The predicted molar refractivity (Wildman–Crippen MR) is 108 cm³/mol. The van der Waals surface area contributed by atoms with Crippen LogP contribution in [0.5, 0.6) is 0 Å². The second-order valence-electron chi connectivity index (χ2n) is 6.58. The topological polar surface area (TPSA) is 110 Å². The van der Waals surface area contributed by atoms with Gasteiger partial charge in [-0.1, -0.05) is 55.0 Å². The van der Waals surface area contributed by atoms with Crippen molar-refractivity contribution in [1.29, 1.82) is 0 Å². The van der Waals surface area contributed by atoms with E-state index in [1.165, 1.54) is 12.1 Å². The number of aliphatic imine (C=N–C) groups is 1. The number of hydrogen-bond acceptors (Lipinski definition) is 5. The van der Waals surface area contributed by atoms with Gasteiger partial charge in [0.2, 0.25) is 6.04 Å². The van der Waals surface area contributed by atoms with Crippen molar-refractivity contribution in [2.24, 2.45) is 4.99 Å². The van der Waals surface area contributed by atoms with Gasteiger partial charge in [-0.3, -0.25) is 19.7 Å². The molecule has 28 heavy (non-hydrogen) atoms. The minimum atomic E-state index is -4.02. The fourth-order valence-corrected chi connectivity index (χ4v) is 3.45. The minimum Gasteiger partial charge on any atom is -0.282 e. The maximum atomic E-state index is 11.1. The Morgan fingerprint density at radius 3 is 2.25 bits per heavy atom. The lowest BCUT2D eigenvalue weighted by Gasteiger charge is -2.23. The zero-order chi connectivity index (χ0) is 20.7. The number of nitrogens with zero attached hydrogens (tertiary/aromatic N) is 2. The van der Waals surface area contributed by atoms with E-state index < -0.39 is 16.2 Å². The molecule has 150 valence electrons. The average molecular weight is 404 g/mol. The molecule has 0 saturated carbocycles. The van der Waals surface area contributed by atoms with Crippen molar-refractivity contribution in [3.8, 4) is 0 Å². The Morgan fingerprint density at radius 2 is 1.75 bits per heavy atom. The first kappa shape index (κ1) is 21.7. The zero-order valence-electron chi connectivity index (χ0n) is 15.9. The third kappa shape index (κ3) is 5.97. The lowest BCUT2D eigenvalue weighted by molar-refractivity contribution is -0.528. The van der Waals surface area contributed by atoms with Crippen molar-refractivity contribution < 1.29 is 17.9 Å². The van der Waals surface area contributed by atoms with Crippen LogP contribution in [0.4, 0.5) is 0 Å². The summed E-state index contributed by atoms with van der Waals surface area (Å²) < 4.78 is 29.6. The second kappa shape index (κ2) is 9.57. The van der Waals surface area contributed by atoms with Gasteiger partial charge in [0, 0.05) is 17.1 Å². The molecule has 0 fully saturated rings. The maximum Gasteiger partial charge on any atom is 0.294 e. The van der Waals surface area contributed by atoms with E-state index in [0.717, 1.165) is 29.7 Å². The zero-order valence-corrected chi connectivity index (χ0v) is 16.7. The van der Waals surface area contributed by atoms with Crippen LogP contribution < -0.4 is 0 Å². The Balaban J connectivity index is 0.000000221. The molecule has 0 bridgehead atoms. The SMILES string of the molecule is CCC1=N[C@@H](c2ccccc2)[C@@H]([N+](=O)[O-])CC1.Cc1ccc(S(=O)(=O)O)cc1. The average Bonchev–Trinajstić information content (AvgIpc) is 2.68. The quantitative estimate of drug-likeness (QED) is 0.465. The molecule has 0 aliphatic carbocycles. The van der Waals surface area contributed by atoms with Gasteiger partial charge in [-0.25, -0.2) is 0 Å². The van der Waals surface area contributed by atoms with E-state index in [9.17, 15) is 18.5 Å². The molecule has 3 rings (SSSR count). The van der Waals surface area contributed by atoms with Crippen molar-refractivity contribution >= 4 is 15.8 Å². The molecule has 1 aliphatic heterocycles. The number of hydrogen-bond donors (Lipinski definition) is 1. The van der Waals surface area contributed by atoms with E-state index >= 15 is 0 Å². The van der Waals surface area contributed by atoms with Crippen molar-refractivity contribution in [2.75, 3.05) is 0 Å². The highest BCUT2D eigenvalue weighted by molar-refractivity contribution is 7.85. The Bertz CT molecular complexity index is 925. The van der Waals surface area contributed by atoms with Crippen molar-refractivity contribution in [1.82, 2.24) is 0 Å². The van der Waals surface area contributed by atoms with Crippen LogP contribution in [0.15, 0.2) is 64.5 Å². The molecule has 0 unspecified atom stereocenters. The summed E-state index contributed by atoms with van der Waals surface area (Å²) >= 11 is 0. The van der Waals surface area contributed by atoms with E-state index in [0.29, 0.717) is 6.42 Å². The van der Waals surface area contributed by atoms with Gasteiger partial charge in [-0.15, -0.1) is 0 Å². The molecule has 0 spiro atoms. The van der Waals surface area contributed by atoms with E-state index in [1.54, 1.807) is 12.1 Å². The first-order chi connectivity index (χ1) is 13.2. The summed E-state index contributed by atoms with van der Waals surface area (Å²) in [6.07, 6.45) is 2.23. The summed E-state index contributed by atoms with van der Waals surface area (Å²) in [4.78, 5) is 15.4. The Morgan fingerprint density at radius 1 is 1.14 bits per heavy atom. The normalized spacial score (nSPS) is 19.2. The van der Waals surface area contributed by atoms with Gasteiger partial charge in [-0.2, -0.15) is 8.42 Å². The second-order valence-corrected chi connectivity index (χ2v) is 8.01. The van der Waals surface area contributed by atoms with Crippen LogP contribution in [0.25, 0.3) is 0 Å². The van der Waals surface area contributed by atoms with E-state index in [1.807, 2.05) is 44.2 Å². The van der Waals surface area contributed by atoms with Crippen LogP contribution in [-0.4, -0.2) is 29.6 Å². The van der Waals surface area contributed by atoms with Crippen LogP contribution in [0, 0.1) is 17.0 Å². The molecule has 0 aromatic heterocycles. The monoisotopic (exact) mass is 404 g/mol. The minimum absolute atomic E-state index is 0.0666. The highest BCUT2D eigenvalue weighted by Crippen LogP contribution is 2.30. The summed E-state index contributed by atoms with van der Waals surface area (Å²) in [6.45, 7) is 3.89. The maximum absolute atomic E-state index is 11.1. The largest absolute Gasteiger partial charge is 0.294 e. The number of nitro groups is 1. The number of aryl methyl sites for hydroxylation is 1. The van der Waals surface area contributed by atoms with Crippen LogP contribution in [0.1, 0.15) is 43.4 Å². The lowest BCUT2D eigenvalue weighted by atomic mass is 9.91. The molecule has 2 atom stereocenters. The first-order valence-corrected chi connectivity index (χ1v) is 10.4. The molecule has 1 heterocycles. The predicted octanol–water partition coefficient (Wildman–Crippen LogP) is 4.26. The highest BCUT2D eigenvalue weighted by atomic mass is 32.2. The van der Waals surface area contributed by atoms with Crippen LogP contribution in [-0.2, 0) is 10.1 Å². The molecule has 0 amide bonds. The summed E-state index contributed by atoms with van der Waals surface area (Å²) in [6, 6.07) is 14.7. The summed E-state index contributed by atoms with van der Waals surface area (Å²) in [5.41, 5.74) is 2.99. The van der Waals surface area contributed by atoms with Crippen LogP contribution in [0.2, 0.25) is 0 Å². The molecular weight excluding hydrogens is 380 g/mol. The van der Waals surface area contributed by atoms with Crippen LogP contribution >= 0.6 is 0 Å². The molecule has 8 heteroatoms. The van der Waals surface area contributed by atoms with E-state index in [4.69, 9.17) is 4.55 Å². The van der Waals surface area contributed by atoms with Crippen molar-refractivity contribution in [2.45, 2.75) is 50.1 Å². The molecule has 1 N–H and O–H groups in total. The van der Waals surface area contributed by atoms with Crippen molar-refractivity contribution in [3.63, 3.8) is 0 Å². The molecule has 1 aliphatic rings. The Hall–Kier alpha value is -2.58. The smallest absolute Gasteiger partial charge is 0.282 e. The highest BCUT2D eigenvalue weighted by Gasteiger charge is 2.35. The number of benzene rings is 2. The van der Waals surface area contributed by atoms with E-state index in [-0.39, 0.29) is 15.9 Å². The number of rotatable bonds is 4. The fraction of sp³-hybridized carbons (Fsp3) is 0.350. The van der Waals surface area contributed by atoms with Gasteiger partial charge in [0.05, 0.1) is 4.90 Å². The van der Waals surface area contributed by atoms with E-state index in [2.05, 4.69) is 4.99 Å². The van der Waals surface area contributed by atoms with Gasteiger partial charge >= 0.3 is 0 Å². The summed E-state index contributed by atoms with van der Waals surface area (Å²) in [5.74, 6) is 0. The standard InChI is InChI=1S/C13H16N2O2.C7H8O3S/c1-2-11-8-9-12(15(16)17)13(14-11)10-6-4-3-5-7-10;1-6-2-4-7(5-3-6)11(8,9)10/h3-7,12-13H,2,8-9H2,1H3;2-5H,1H3,(H,8,9,10)/t12-,13-;/m0./s1. The molecule has 0 saturated heterocycles. The third-order valence-corrected chi connectivity index (χ3v) is 5.42. The molecule has 0 radical (unpaired) electrons. The van der Waals surface area contributed by atoms with Gasteiger partial charge < -0.3 is 0 Å². The van der Waals surface area contributed by atoms with Crippen LogP contribution in [0.3, 0.4) is 0 Å². The molecular formula is C20H24N2O5S. The molecule has 2 aromatic rings. The van der Waals surface area contributed by atoms with Gasteiger partial charge in [-0.05, 0) is 37.5 Å². The van der Waals surface area contributed by atoms with Gasteiger partial charge in [0.25, 0.3) is 10.1 Å². The summed E-state index contributed by atoms with van der Waals surface area (Å²) in [7, 11) is -4.02. The van der Waals surface area contributed by atoms with Gasteiger partial charge in [0.15, 0.2) is 0 Å². The van der Waals surface area contributed by atoms with Gasteiger partial charge in [0.1, 0.15) is 6.04 Å².